The van der Waals surface area contributed by atoms with Crippen LogP contribution in [-0.4, -0.2) is 56.5 Å². The third-order valence-corrected chi connectivity index (χ3v) is 5.73. The van der Waals surface area contributed by atoms with E-state index >= 15 is 0 Å². The van der Waals surface area contributed by atoms with Crippen molar-refractivity contribution in [3.8, 4) is 17.0 Å². The Labute approximate surface area is 189 Å². The first-order valence-electron chi connectivity index (χ1n) is 10.5. The predicted molar refractivity (Wildman–Crippen MR) is 118 cm³/mol. The number of aromatic hydroxyl groups is 1. The van der Waals surface area contributed by atoms with Gasteiger partial charge in [0.05, 0.1) is 11.3 Å². The summed E-state index contributed by atoms with van der Waals surface area (Å²) in [6, 6.07) is 7.97. The number of amides is 2. The number of nitrogens with one attached hydrogen (secondary N) is 3. The molecule has 1 aromatic carbocycles. The highest BCUT2D eigenvalue weighted by Gasteiger charge is 2.30. The van der Waals surface area contributed by atoms with Gasteiger partial charge in [-0.05, 0) is 31.4 Å². The van der Waals surface area contributed by atoms with Crippen molar-refractivity contribution < 1.29 is 24.2 Å². The average Bonchev–Trinajstić information content (AvgIpc) is 3.53. The third kappa shape index (κ3) is 4.56. The molecule has 1 fully saturated rings. The van der Waals surface area contributed by atoms with Crippen molar-refractivity contribution in [2.75, 3.05) is 12.4 Å². The molecule has 0 radical (unpaired) electrons. The molecule has 0 bridgehead atoms. The maximum absolute atomic E-state index is 12.8. The van der Waals surface area contributed by atoms with Crippen LogP contribution in [0.1, 0.15) is 51.7 Å². The van der Waals surface area contributed by atoms with Crippen LogP contribution in [0.4, 0.5) is 10.6 Å². The minimum Gasteiger partial charge on any atom is -0.507 e. The molecule has 33 heavy (non-hydrogen) atoms. The first-order valence-corrected chi connectivity index (χ1v) is 10.5. The predicted octanol–water partition coefficient (Wildman–Crippen LogP) is 2.57. The molecule has 2 aromatic heterocycles. The fourth-order valence-corrected chi connectivity index (χ4v) is 4.04. The normalized spacial score (nSPS) is 17.5. The number of aromatic nitrogens is 4. The molecule has 172 valence electrons. The van der Waals surface area contributed by atoms with E-state index in [0.717, 1.165) is 18.5 Å². The van der Waals surface area contributed by atoms with Gasteiger partial charge >= 0.3 is 6.09 Å². The summed E-state index contributed by atoms with van der Waals surface area (Å²) in [7, 11) is 3.14. The molecule has 11 heteroatoms. The number of hydrogen-bond acceptors (Lipinski definition) is 7. The van der Waals surface area contributed by atoms with Crippen LogP contribution in [0.15, 0.2) is 30.3 Å². The summed E-state index contributed by atoms with van der Waals surface area (Å²) in [5.41, 5.74) is 2.03. The molecule has 2 atom stereocenters. The van der Waals surface area contributed by atoms with Crippen LogP contribution in [0.3, 0.4) is 0 Å². The van der Waals surface area contributed by atoms with Gasteiger partial charge in [-0.1, -0.05) is 12.1 Å². The summed E-state index contributed by atoms with van der Waals surface area (Å²) < 4.78 is 6.71. The highest BCUT2D eigenvalue weighted by molar-refractivity contribution is 6.03. The largest absolute Gasteiger partial charge is 0.507 e. The zero-order valence-electron chi connectivity index (χ0n) is 18.2. The summed E-state index contributed by atoms with van der Waals surface area (Å²) in [6.07, 6.45) is 2.23. The number of aryl methyl sites for hydroxylation is 1. The number of rotatable bonds is 6. The van der Waals surface area contributed by atoms with Crippen LogP contribution in [0.25, 0.3) is 11.3 Å². The zero-order valence-corrected chi connectivity index (χ0v) is 18.2. The summed E-state index contributed by atoms with van der Waals surface area (Å²) >= 11 is 0. The van der Waals surface area contributed by atoms with E-state index in [1.54, 1.807) is 31.3 Å². The fourth-order valence-electron chi connectivity index (χ4n) is 4.04. The van der Waals surface area contributed by atoms with Gasteiger partial charge in [-0.3, -0.25) is 19.4 Å². The number of aldehydes is 1. The van der Waals surface area contributed by atoms with Gasteiger partial charge in [0.25, 0.3) is 5.91 Å². The van der Waals surface area contributed by atoms with Gasteiger partial charge in [-0.25, -0.2) is 4.79 Å². The topological polar surface area (TPSA) is 151 Å². The van der Waals surface area contributed by atoms with Crippen LogP contribution in [0.5, 0.6) is 5.75 Å². The van der Waals surface area contributed by atoms with Gasteiger partial charge in [-0.2, -0.15) is 10.2 Å². The number of ether oxygens (including phenoxy) is 1. The molecule has 1 aliphatic carbocycles. The average molecular weight is 452 g/mol. The Balaban J connectivity index is 1.45. The number of nitrogens with zero attached hydrogens (tertiary/aromatic N) is 3. The Bertz CT molecular complexity index is 1200. The second kappa shape index (κ2) is 9.15. The summed E-state index contributed by atoms with van der Waals surface area (Å²) in [6.45, 7) is 0. The molecular formula is C22H24N6O5. The molecule has 2 heterocycles. The minimum absolute atomic E-state index is 0.106. The van der Waals surface area contributed by atoms with E-state index in [0.29, 0.717) is 29.8 Å². The standard InChI is InChI=1S/C22H24N6O5/c1-23-22(32)33-13-7-6-12(8-13)16-10-20(26-25-16)24-21(31)18-9-17(27-28(18)2)14-4-3-5-19(30)15(14)11-29/h3-5,9-13,30H,6-8H2,1-2H3,(H,23,32)(H2,24,25,26,31)/t12-,13+/m0/s1. The fraction of sp³-hybridized carbons (Fsp3) is 0.318. The molecule has 0 aliphatic heterocycles. The Morgan fingerprint density at radius 3 is 2.88 bits per heavy atom. The number of aromatic amines is 1. The Morgan fingerprint density at radius 1 is 1.30 bits per heavy atom. The lowest BCUT2D eigenvalue weighted by atomic mass is 10.0. The molecule has 2 amide bonds. The second-order valence-corrected chi connectivity index (χ2v) is 7.84. The molecule has 1 aliphatic rings. The van der Waals surface area contributed by atoms with Crippen LogP contribution < -0.4 is 10.6 Å². The van der Waals surface area contributed by atoms with Crippen molar-refractivity contribution in [2.24, 2.45) is 7.05 Å². The number of alkyl carbamates (subject to hydrolysis) is 1. The number of phenols is 1. The molecule has 3 aromatic rings. The van der Waals surface area contributed by atoms with Crippen molar-refractivity contribution >= 4 is 24.1 Å². The lowest BCUT2D eigenvalue weighted by Gasteiger charge is -2.11. The quantitative estimate of drug-likeness (QED) is 0.420. The monoisotopic (exact) mass is 452 g/mol. The van der Waals surface area contributed by atoms with Crippen molar-refractivity contribution in [3.05, 3.63) is 47.3 Å². The van der Waals surface area contributed by atoms with Crippen molar-refractivity contribution in [1.29, 1.82) is 0 Å². The maximum atomic E-state index is 12.8. The van der Waals surface area contributed by atoms with Crippen LogP contribution in [0.2, 0.25) is 0 Å². The van der Waals surface area contributed by atoms with Crippen LogP contribution in [-0.2, 0) is 11.8 Å². The van der Waals surface area contributed by atoms with Crippen molar-refractivity contribution in [2.45, 2.75) is 31.3 Å². The van der Waals surface area contributed by atoms with Crippen molar-refractivity contribution in [3.63, 3.8) is 0 Å². The van der Waals surface area contributed by atoms with E-state index < -0.39 is 12.0 Å². The van der Waals surface area contributed by atoms with Crippen molar-refractivity contribution in [1.82, 2.24) is 25.3 Å². The highest BCUT2D eigenvalue weighted by Crippen LogP contribution is 2.36. The molecular weight excluding hydrogens is 428 g/mol. The Hall–Kier alpha value is -4.15. The smallest absolute Gasteiger partial charge is 0.407 e. The summed E-state index contributed by atoms with van der Waals surface area (Å²) in [4.78, 5) is 35.6. The summed E-state index contributed by atoms with van der Waals surface area (Å²) in [5, 5.41) is 26.5. The van der Waals surface area contributed by atoms with E-state index in [1.807, 2.05) is 0 Å². The van der Waals surface area contributed by atoms with E-state index in [2.05, 4.69) is 25.9 Å². The van der Waals surface area contributed by atoms with Crippen LogP contribution >= 0.6 is 0 Å². The summed E-state index contributed by atoms with van der Waals surface area (Å²) in [5.74, 6) is -0.0690. The molecule has 0 saturated heterocycles. The van der Waals surface area contributed by atoms with Gasteiger partial charge in [-0.15, -0.1) is 0 Å². The van der Waals surface area contributed by atoms with E-state index in [4.69, 9.17) is 4.74 Å². The Kier molecular flexibility index (Phi) is 6.11. The molecule has 0 spiro atoms. The molecule has 4 rings (SSSR count). The molecule has 0 unspecified atom stereocenters. The van der Waals surface area contributed by atoms with Gasteiger partial charge in [0.15, 0.2) is 12.1 Å². The van der Waals surface area contributed by atoms with E-state index in [1.165, 1.54) is 17.8 Å². The number of hydrogen-bond donors (Lipinski definition) is 4. The second-order valence-electron chi connectivity index (χ2n) is 7.84. The molecule has 1 saturated carbocycles. The molecule has 11 nitrogen and oxygen atoms in total. The van der Waals surface area contributed by atoms with Crippen LogP contribution in [0, 0.1) is 0 Å². The van der Waals surface area contributed by atoms with Gasteiger partial charge in [0.2, 0.25) is 0 Å². The SMILES string of the molecule is CNC(=O)O[C@@H]1CC[C@H](c2cc(NC(=O)c3cc(-c4cccc(O)c4C=O)nn3C)n[nH]2)C1. The van der Waals surface area contributed by atoms with E-state index in [9.17, 15) is 19.5 Å². The number of benzene rings is 1. The number of carbonyl (C=O) groups is 3. The number of anilines is 1. The third-order valence-electron chi connectivity index (χ3n) is 5.73. The first kappa shape index (κ1) is 22.1. The minimum atomic E-state index is -0.445. The first-order chi connectivity index (χ1) is 15.9. The van der Waals surface area contributed by atoms with Gasteiger partial charge in [0.1, 0.15) is 17.5 Å². The Morgan fingerprint density at radius 2 is 2.12 bits per heavy atom. The highest BCUT2D eigenvalue weighted by atomic mass is 16.6. The lowest BCUT2D eigenvalue weighted by Crippen LogP contribution is -2.24. The molecule has 4 N–H and O–H groups in total. The number of phenolic OH excluding ortho intramolecular Hbond substituents is 1. The zero-order chi connectivity index (χ0) is 23.5. The number of H-pyrrole nitrogens is 1. The van der Waals surface area contributed by atoms with Gasteiger partial charge < -0.3 is 20.5 Å². The van der Waals surface area contributed by atoms with E-state index in [-0.39, 0.29) is 29.0 Å². The van der Waals surface area contributed by atoms with Gasteiger partial charge in [0, 0.05) is 37.3 Å². The lowest BCUT2D eigenvalue weighted by molar-refractivity contribution is 0.101. The number of carbonyl (C=O) groups excluding carboxylic acids is 3. The maximum Gasteiger partial charge on any atom is 0.407 e.